The lowest BCUT2D eigenvalue weighted by atomic mass is 10.0. The highest BCUT2D eigenvalue weighted by Gasteiger charge is 2.26. The lowest BCUT2D eigenvalue weighted by molar-refractivity contribution is -0.00151. The van der Waals surface area contributed by atoms with Crippen molar-refractivity contribution < 1.29 is 13.9 Å². The van der Waals surface area contributed by atoms with Crippen molar-refractivity contribution >= 4 is 11.8 Å². The molecule has 1 aliphatic rings. The molecule has 0 radical (unpaired) electrons. The van der Waals surface area contributed by atoms with Crippen molar-refractivity contribution in [2.24, 2.45) is 7.05 Å². The average molecular weight is 319 g/mol. The summed E-state index contributed by atoms with van der Waals surface area (Å²) < 4.78 is 20.5. The molecule has 7 nitrogen and oxygen atoms in total. The molecule has 0 aromatic carbocycles. The predicted molar refractivity (Wildman–Crippen MR) is 81.3 cm³/mol. The van der Waals surface area contributed by atoms with Crippen LogP contribution in [0, 0.1) is 5.82 Å². The highest BCUT2D eigenvalue weighted by atomic mass is 19.1. The Morgan fingerprint density at radius 1 is 1.43 bits per heavy atom. The van der Waals surface area contributed by atoms with Gasteiger partial charge in [-0.3, -0.25) is 5.32 Å². The average Bonchev–Trinajstić information content (AvgIpc) is 2.96. The Morgan fingerprint density at radius 3 is 3.00 bits per heavy atom. The van der Waals surface area contributed by atoms with Gasteiger partial charge in [-0.25, -0.2) is 19.2 Å². The molecule has 3 heterocycles. The van der Waals surface area contributed by atoms with E-state index >= 15 is 0 Å². The van der Waals surface area contributed by atoms with Gasteiger partial charge in [0.05, 0.1) is 24.4 Å². The molecule has 2 atom stereocenters. The van der Waals surface area contributed by atoms with Gasteiger partial charge < -0.3 is 14.6 Å². The Bertz CT molecular complexity index is 673. The summed E-state index contributed by atoms with van der Waals surface area (Å²) >= 11 is 0. The van der Waals surface area contributed by atoms with Crippen LogP contribution in [-0.4, -0.2) is 33.2 Å². The number of hydrogen-bond donors (Lipinski definition) is 2. The van der Waals surface area contributed by atoms with Crippen LogP contribution in [0.3, 0.4) is 0 Å². The van der Waals surface area contributed by atoms with Crippen LogP contribution in [0.2, 0.25) is 0 Å². The zero-order valence-electron chi connectivity index (χ0n) is 12.7. The number of aromatic nitrogens is 3. The molecule has 122 valence electrons. The van der Waals surface area contributed by atoms with E-state index < -0.39 is 5.82 Å². The second-order valence-electron chi connectivity index (χ2n) is 5.47. The molecular formula is C15H18FN5O2. The molecule has 0 aliphatic carbocycles. The number of ether oxygens (including phenoxy) is 1. The quantitative estimate of drug-likeness (QED) is 0.906. The maximum Gasteiger partial charge on any atom is 0.320 e. The van der Waals surface area contributed by atoms with Crippen molar-refractivity contribution in [1.29, 1.82) is 0 Å². The van der Waals surface area contributed by atoms with Gasteiger partial charge in [0.2, 0.25) is 0 Å². The van der Waals surface area contributed by atoms with Crippen molar-refractivity contribution in [2.75, 3.05) is 11.9 Å². The standard InChI is InChI=1S/C15H18FN5O2/c1-21-9-17-8-12(21)13-6-11(4-5-23-13)19-15(22)20-14-3-2-10(16)7-18-14/h2-3,7-9,11,13H,4-6H2,1H3,(H2,18,19,20,22)/t11-,13+/m0/s1. The van der Waals surface area contributed by atoms with Crippen LogP contribution in [-0.2, 0) is 11.8 Å². The van der Waals surface area contributed by atoms with E-state index in [-0.39, 0.29) is 18.2 Å². The molecular weight excluding hydrogens is 301 g/mol. The number of halogens is 1. The van der Waals surface area contributed by atoms with E-state index in [9.17, 15) is 9.18 Å². The molecule has 23 heavy (non-hydrogen) atoms. The summed E-state index contributed by atoms with van der Waals surface area (Å²) in [6, 6.07) is 2.29. The van der Waals surface area contributed by atoms with E-state index in [2.05, 4.69) is 20.6 Å². The van der Waals surface area contributed by atoms with Crippen LogP contribution < -0.4 is 10.6 Å². The molecule has 0 spiro atoms. The normalized spacial score (nSPS) is 21.0. The van der Waals surface area contributed by atoms with Gasteiger partial charge in [0.15, 0.2) is 0 Å². The topological polar surface area (TPSA) is 81.1 Å². The molecule has 1 aliphatic heterocycles. The third kappa shape index (κ3) is 3.84. The molecule has 1 fully saturated rings. The summed E-state index contributed by atoms with van der Waals surface area (Å²) in [5.74, 6) is -0.140. The molecule has 0 unspecified atom stereocenters. The smallest absolute Gasteiger partial charge is 0.320 e. The van der Waals surface area contributed by atoms with E-state index in [1.807, 2.05) is 11.6 Å². The van der Waals surface area contributed by atoms with Gasteiger partial charge in [-0.15, -0.1) is 0 Å². The first kappa shape index (κ1) is 15.4. The Morgan fingerprint density at radius 2 is 2.30 bits per heavy atom. The number of rotatable bonds is 3. The van der Waals surface area contributed by atoms with E-state index in [1.54, 1.807) is 12.5 Å². The molecule has 0 bridgehead atoms. The van der Waals surface area contributed by atoms with Crippen molar-refractivity contribution in [1.82, 2.24) is 19.9 Å². The number of imidazole rings is 1. The molecule has 2 aromatic heterocycles. The zero-order chi connectivity index (χ0) is 16.2. The number of carbonyl (C=O) groups is 1. The maximum atomic E-state index is 12.8. The van der Waals surface area contributed by atoms with Crippen molar-refractivity contribution in [2.45, 2.75) is 25.0 Å². The first-order valence-corrected chi connectivity index (χ1v) is 7.38. The molecule has 0 saturated carbocycles. The van der Waals surface area contributed by atoms with Crippen molar-refractivity contribution in [3.63, 3.8) is 0 Å². The number of carbonyl (C=O) groups excluding carboxylic acids is 1. The van der Waals surface area contributed by atoms with Crippen LogP contribution in [0.25, 0.3) is 0 Å². The zero-order valence-corrected chi connectivity index (χ0v) is 12.7. The van der Waals surface area contributed by atoms with Crippen molar-refractivity contribution in [3.05, 3.63) is 42.4 Å². The minimum absolute atomic E-state index is 0.0101. The Kier molecular flexibility index (Phi) is 4.52. The summed E-state index contributed by atoms with van der Waals surface area (Å²) in [6.45, 7) is 0.565. The number of nitrogens with zero attached hydrogens (tertiary/aromatic N) is 3. The fraction of sp³-hybridized carbons (Fsp3) is 0.400. The van der Waals surface area contributed by atoms with Gasteiger partial charge in [0.1, 0.15) is 17.7 Å². The number of nitrogens with one attached hydrogen (secondary N) is 2. The van der Waals surface area contributed by atoms with Crippen LogP contribution in [0.15, 0.2) is 30.9 Å². The lowest BCUT2D eigenvalue weighted by Gasteiger charge is -2.30. The maximum absolute atomic E-state index is 12.8. The number of anilines is 1. The molecule has 3 rings (SSSR count). The predicted octanol–water partition coefficient (Wildman–Crippen LogP) is 2.00. The van der Waals surface area contributed by atoms with E-state index in [4.69, 9.17) is 4.74 Å². The van der Waals surface area contributed by atoms with Gasteiger partial charge in [-0.05, 0) is 25.0 Å². The second kappa shape index (κ2) is 6.74. The van der Waals surface area contributed by atoms with Crippen LogP contribution in [0.1, 0.15) is 24.6 Å². The fourth-order valence-corrected chi connectivity index (χ4v) is 2.60. The monoisotopic (exact) mass is 319 g/mol. The van der Waals surface area contributed by atoms with Crippen LogP contribution in [0.5, 0.6) is 0 Å². The van der Waals surface area contributed by atoms with Gasteiger partial charge in [-0.2, -0.15) is 0 Å². The Balaban J connectivity index is 1.56. The van der Waals surface area contributed by atoms with Gasteiger partial charge in [0, 0.05) is 19.7 Å². The Labute approximate surface area is 132 Å². The third-order valence-corrected chi connectivity index (χ3v) is 3.77. The number of amides is 2. The minimum Gasteiger partial charge on any atom is -0.372 e. The first-order valence-electron chi connectivity index (χ1n) is 7.38. The van der Waals surface area contributed by atoms with Gasteiger partial charge in [0.25, 0.3) is 0 Å². The molecule has 2 aromatic rings. The third-order valence-electron chi connectivity index (χ3n) is 3.77. The van der Waals surface area contributed by atoms with Crippen LogP contribution in [0.4, 0.5) is 15.0 Å². The SMILES string of the molecule is Cn1cncc1[C@H]1C[C@@H](NC(=O)Nc2ccc(F)cn2)CCO1. The fourth-order valence-electron chi connectivity index (χ4n) is 2.60. The largest absolute Gasteiger partial charge is 0.372 e. The summed E-state index contributed by atoms with van der Waals surface area (Å²) in [5, 5.41) is 5.49. The van der Waals surface area contributed by atoms with E-state index in [1.165, 1.54) is 12.1 Å². The number of aryl methyl sites for hydroxylation is 1. The molecule has 1 saturated heterocycles. The number of pyridine rings is 1. The van der Waals surface area contributed by atoms with E-state index in [0.29, 0.717) is 18.8 Å². The van der Waals surface area contributed by atoms with Crippen LogP contribution >= 0.6 is 0 Å². The van der Waals surface area contributed by atoms with Gasteiger partial charge >= 0.3 is 6.03 Å². The summed E-state index contributed by atoms with van der Waals surface area (Å²) in [6.07, 6.45) is 5.87. The van der Waals surface area contributed by atoms with Crippen molar-refractivity contribution in [3.8, 4) is 0 Å². The number of hydrogen-bond acceptors (Lipinski definition) is 4. The summed E-state index contributed by atoms with van der Waals surface area (Å²) in [7, 11) is 1.91. The van der Waals surface area contributed by atoms with Gasteiger partial charge in [-0.1, -0.05) is 0 Å². The molecule has 2 N–H and O–H groups in total. The minimum atomic E-state index is -0.445. The second-order valence-corrected chi connectivity index (χ2v) is 5.47. The lowest BCUT2D eigenvalue weighted by Crippen LogP contribution is -2.42. The van der Waals surface area contributed by atoms with E-state index in [0.717, 1.165) is 18.3 Å². The highest BCUT2D eigenvalue weighted by Crippen LogP contribution is 2.27. The molecule has 8 heteroatoms. The number of urea groups is 1. The highest BCUT2D eigenvalue weighted by molar-refractivity contribution is 5.88. The first-order chi connectivity index (χ1) is 11.1. The summed E-state index contributed by atoms with van der Waals surface area (Å²) in [4.78, 5) is 19.9. The Hall–Kier alpha value is -2.48. The molecule has 2 amide bonds. The summed E-state index contributed by atoms with van der Waals surface area (Å²) in [5.41, 5.74) is 0.983.